The van der Waals surface area contributed by atoms with Crippen molar-refractivity contribution in [2.45, 2.75) is 109 Å². The third-order valence-electron chi connectivity index (χ3n) is 7.36. The normalized spacial score (nSPS) is 17.7. The average molecular weight is 563 g/mol. The molecule has 0 saturated heterocycles. The van der Waals surface area contributed by atoms with Crippen molar-refractivity contribution >= 4 is 11.9 Å². The van der Waals surface area contributed by atoms with E-state index in [0.29, 0.717) is 19.3 Å². The number of rotatable bonds is 15. The SMILES string of the molecule is CCCCCCCOc1ccc(C(=O)Oc2ccc(C3CCC(OC(=O)[C@H](F)CCCC)CC3)cc2)c(F)c1F. The van der Waals surface area contributed by atoms with Gasteiger partial charge in [0.2, 0.25) is 5.82 Å². The summed E-state index contributed by atoms with van der Waals surface area (Å²) in [6.07, 6.45) is 7.72. The summed E-state index contributed by atoms with van der Waals surface area (Å²) in [6.45, 7) is 4.34. The summed E-state index contributed by atoms with van der Waals surface area (Å²) in [4.78, 5) is 24.5. The summed E-state index contributed by atoms with van der Waals surface area (Å²) in [5.41, 5.74) is 0.527. The molecule has 8 heteroatoms. The van der Waals surface area contributed by atoms with Crippen molar-refractivity contribution in [1.29, 1.82) is 0 Å². The molecule has 0 spiro atoms. The summed E-state index contributed by atoms with van der Waals surface area (Å²) in [5.74, 6) is -4.05. The van der Waals surface area contributed by atoms with Crippen molar-refractivity contribution in [3.63, 3.8) is 0 Å². The summed E-state index contributed by atoms with van der Waals surface area (Å²) in [6, 6.07) is 9.31. The molecule has 5 nitrogen and oxygen atoms in total. The van der Waals surface area contributed by atoms with Crippen LogP contribution in [0.2, 0.25) is 0 Å². The summed E-state index contributed by atoms with van der Waals surface area (Å²) in [5, 5.41) is 0. The van der Waals surface area contributed by atoms with E-state index in [0.717, 1.165) is 56.9 Å². The number of esters is 2. The van der Waals surface area contributed by atoms with E-state index in [4.69, 9.17) is 14.2 Å². The van der Waals surface area contributed by atoms with Crippen LogP contribution in [0.25, 0.3) is 0 Å². The predicted octanol–water partition coefficient (Wildman–Crippen LogP) is 8.63. The molecule has 1 fully saturated rings. The maximum atomic E-state index is 14.6. The monoisotopic (exact) mass is 562 g/mol. The zero-order valence-corrected chi connectivity index (χ0v) is 23.6. The smallest absolute Gasteiger partial charge is 0.346 e. The maximum Gasteiger partial charge on any atom is 0.346 e. The quantitative estimate of drug-likeness (QED) is 0.124. The molecule has 1 saturated carbocycles. The molecule has 2 aromatic rings. The van der Waals surface area contributed by atoms with Crippen molar-refractivity contribution in [2.24, 2.45) is 0 Å². The Morgan fingerprint density at radius 2 is 1.52 bits per heavy atom. The van der Waals surface area contributed by atoms with E-state index in [1.54, 1.807) is 12.1 Å². The molecule has 0 N–H and O–H groups in total. The van der Waals surface area contributed by atoms with E-state index in [1.807, 2.05) is 19.1 Å². The number of carbonyl (C=O) groups is 2. The topological polar surface area (TPSA) is 61.8 Å². The molecule has 0 aromatic heterocycles. The second kappa shape index (κ2) is 16.3. The number of unbranched alkanes of at least 4 members (excludes halogenated alkanes) is 5. The number of carbonyl (C=O) groups excluding carboxylic acids is 2. The number of alkyl halides is 1. The minimum Gasteiger partial charge on any atom is -0.490 e. The number of ether oxygens (including phenoxy) is 3. The van der Waals surface area contributed by atoms with Crippen LogP contribution in [-0.4, -0.2) is 30.8 Å². The summed E-state index contributed by atoms with van der Waals surface area (Å²) < 4.78 is 59.0. The highest BCUT2D eigenvalue weighted by Crippen LogP contribution is 2.35. The number of halogens is 3. The van der Waals surface area contributed by atoms with Gasteiger partial charge in [0.15, 0.2) is 17.7 Å². The Bertz CT molecular complexity index is 1080. The van der Waals surface area contributed by atoms with E-state index in [9.17, 15) is 22.8 Å². The van der Waals surface area contributed by atoms with Crippen LogP contribution in [0.15, 0.2) is 36.4 Å². The molecule has 0 radical (unpaired) electrons. The van der Waals surface area contributed by atoms with Gasteiger partial charge in [-0.2, -0.15) is 4.39 Å². The Morgan fingerprint density at radius 3 is 2.20 bits per heavy atom. The number of benzene rings is 2. The molecule has 3 rings (SSSR count). The molecule has 0 aliphatic heterocycles. The molecule has 0 amide bonds. The molecule has 0 bridgehead atoms. The molecule has 0 heterocycles. The van der Waals surface area contributed by atoms with Gasteiger partial charge >= 0.3 is 11.9 Å². The fourth-order valence-electron chi connectivity index (χ4n) is 4.91. The van der Waals surface area contributed by atoms with Crippen molar-refractivity contribution in [1.82, 2.24) is 0 Å². The first-order valence-electron chi connectivity index (χ1n) is 14.6. The standard InChI is InChI=1S/C32H41F3O5/c1-3-5-7-8-9-21-38-28-20-19-26(29(34)30(28)35)31(36)39-24-15-11-22(12-16-24)23-13-17-25(18-14-23)40-32(37)27(33)10-6-4-2/h11-12,15-16,19-20,23,25,27H,3-10,13-14,17-18,21H2,1-2H3/t23?,25?,27-/m1/s1. The lowest BCUT2D eigenvalue weighted by molar-refractivity contribution is -0.157. The molecule has 0 unspecified atom stereocenters. The lowest BCUT2D eigenvalue weighted by Gasteiger charge is -2.29. The van der Waals surface area contributed by atoms with Crippen LogP contribution in [0.3, 0.4) is 0 Å². The Hall–Kier alpha value is -3.03. The van der Waals surface area contributed by atoms with Crippen LogP contribution in [-0.2, 0) is 9.53 Å². The highest BCUT2D eigenvalue weighted by molar-refractivity contribution is 5.91. The van der Waals surface area contributed by atoms with Crippen LogP contribution < -0.4 is 9.47 Å². The zero-order valence-electron chi connectivity index (χ0n) is 23.6. The second-order valence-corrected chi connectivity index (χ2v) is 10.5. The van der Waals surface area contributed by atoms with Gasteiger partial charge in [-0.15, -0.1) is 0 Å². The van der Waals surface area contributed by atoms with Gasteiger partial charge in [0, 0.05) is 0 Å². The summed E-state index contributed by atoms with van der Waals surface area (Å²) in [7, 11) is 0. The fraction of sp³-hybridized carbons (Fsp3) is 0.562. The highest BCUT2D eigenvalue weighted by atomic mass is 19.2. The minimum atomic E-state index is -1.56. The third-order valence-corrected chi connectivity index (χ3v) is 7.36. The van der Waals surface area contributed by atoms with Crippen LogP contribution in [0.4, 0.5) is 13.2 Å². The third kappa shape index (κ3) is 9.27. The number of hydrogen-bond acceptors (Lipinski definition) is 5. The van der Waals surface area contributed by atoms with Gasteiger partial charge in [-0.05, 0) is 74.3 Å². The fourth-order valence-corrected chi connectivity index (χ4v) is 4.91. The first-order chi connectivity index (χ1) is 19.3. The molecule has 220 valence electrons. The Morgan fingerprint density at radius 1 is 0.850 bits per heavy atom. The minimum absolute atomic E-state index is 0.197. The largest absolute Gasteiger partial charge is 0.490 e. The maximum absolute atomic E-state index is 14.6. The van der Waals surface area contributed by atoms with E-state index >= 15 is 0 Å². The average Bonchev–Trinajstić information content (AvgIpc) is 2.96. The molecular formula is C32H41F3O5. The van der Waals surface area contributed by atoms with Crippen LogP contribution in [0.1, 0.15) is 113 Å². The lowest BCUT2D eigenvalue weighted by atomic mass is 9.83. The van der Waals surface area contributed by atoms with E-state index in [-0.39, 0.29) is 36.5 Å². The Labute approximate surface area is 235 Å². The van der Waals surface area contributed by atoms with Crippen LogP contribution >= 0.6 is 0 Å². The van der Waals surface area contributed by atoms with Gasteiger partial charge in [0.05, 0.1) is 12.2 Å². The predicted molar refractivity (Wildman–Crippen MR) is 148 cm³/mol. The van der Waals surface area contributed by atoms with E-state index in [1.165, 1.54) is 12.1 Å². The van der Waals surface area contributed by atoms with Gasteiger partial charge in [-0.25, -0.2) is 18.4 Å². The van der Waals surface area contributed by atoms with Crippen molar-refractivity contribution in [3.8, 4) is 11.5 Å². The molecule has 1 atom stereocenters. The van der Waals surface area contributed by atoms with Gasteiger partial charge in [0.1, 0.15) is 11.9 Å². The molecule has 1 aliphatic carbocycles. The van der Waals surface area contributed by atoms with Gasteiger partial charge in [-0.1, -0.05) is 64.5 Å². The lowest BCUT2D eigenvalue weighted by Crippen LogP contribution is -2.28. The van der Waals surface area contributed by atoms with Crippen molar-refractivity contribution in [3.05, 3.63) is 59.2 Å². The molecule has 1 aliphatic rings. The van der Waals surface area contributed by atoms with Gasteiger partial charge < -0.3 is 14.2 Å². The number of hydrogen-bond donors (Lipinski definition) is 0. The Balaban J connectivity index is 1.48. The van der Waals surface area contributed by atoms with E-state index in [2.05, 4.69) is 6.92 Å². The second-order valence-electron chi connectivity index (χ2n) is 10.5. The zero-order chi connectivity index (χ0) is 28.9. The first kappa shape index (κ1) is 31.5. The van der Waals surface area contributed by atoms with Gasteiger partial charge in [0.25, 0.3) is 0 Å². The molecule has 2 aromatic carbocycles. The van der Waals surface area contributed by atoms with Crippen molar-refractivity contribution < 1.29 is 37.0 Å². The molecular weight excluding hydrogens is 521 g/mol. The van der Waals surface area contributed by atoms with E-state index < -0.39 is 35.3 Å². The summed E-state index contributed by atoms with van der Waals surface area (Å²) >= 11 is 0. The Kier molecular flexibility index (Phi) is 12.8. The first-order valence-corrected chi connectivity index (χ1v) is 14.6. The van der Waals surface area contributed by atoms with Crippen LogP contribution in [0, 0.1) is 11.6 Å². The molecule has 40 heavy (non-hydrogen) atoms. The van der Waals surface area contributed by atoms with Crippen LogP contribution in [0.5, 0.6) is 11.5 Å². The highest BCUT2D eigenvalue weighted by Gasteiger charge is 2.28. The van der Waals surface area contributed by atoms with Gasteiger partial charge in [-0.3, -0.25) is 0 Å². The van der Waals surface area contributed by atoms with Crippen molar-refractivity contribution in [2.75, 3.05) is 6.61 Å².